The Morgan fingerprint density at radius 2 is 2.40 bits per heavy atom. The summed E-state index contributed by atoms with van der Waals surface area (Å²) in [5, 5.41) is 0. The Balaban J connectivity index is 2.34. The first-order valence-corrected chi connectivity index (χ1v) is 4.11. The van der Waals surface area contributed by atoms with Crippen LogP contribution in [0, 0.1) is 0 Å². The molecule has 54 valence electrons. The second kappa shape index (κ2) is 1.84. The van der Waals surface area contributed by atoms with Crippen LogP contribution in [0.2, 0.25) is 0 Å². The van der Waals surface area contributed by atoms with Gasteiger partial charge in [-0.1, -0.05) is 6.92 Å². The molecular formula is C7H8BrNO. The monoisotopic (exact) mass is 201 g/mol. The number of aromatic nitrogens is 1. The van der Waals surface area contributed by atoms with Gasteiger partial charge >= 0.3 is 0 Å². The van der Waals surface area contributed by atoms with Crippen molar-refractivity contribution in [3.63, 3.8) is 0 Å². The Morgan fingerprint density at radius 1 is 1.70 bits per heavy atom. The predicted molar refractivity (Wildman–Crippen MR) is 40.8 cm³/mol. The first-order chi connectivity index (χ1) is 4.71. The van der Waals surface area contributed by atoms with Crippen LogP contribution in [0.15, 0.2) is 15.5 Å². The minimum absolute atomic E-state index is 0.329. The van der Waals surface area contributed by atoms with Gasteiger partial charge in [-0.2, -0.15) is 0 Å². The molecule has 1 heterocycles. The van der Waals surface area contributed by atoms with E-state index >= 15 is 0 Å². The van der Waals surface area contributed by atoms with Crippen molar-refractivity contribution in [1.82, 2.24) is 4.98 Å². The van der Waals surface area contributed by atoms with Crippen molar-refractivity contribution >= 4 is 15.9 Å². The number of hydrogen-bond acceptors (Lipinski definition) is 2. The van der Waals surface area contributed by atoms with Crippen LogP contribution in [-0.4, -0.2) is 4.98 Å². The van der Waals surface area contributed by atoms with Crippen LogP contribution < -0.4 is 0 Å². The summed E-state index contributed by atoms with van der Waals surface area (Å²) in [6.07, 6.45) is 4.22. The van der Waals surface area contributed by atoms with Gasteiger partial charge in [0.1, 0.15) is 6.26 Å². The van der Waals surface area contributed by atoms with Gasteiger partial charge in [-0.15, -0.1) is 0 Å². The van der Waals surface area contributed by atoms with E-state index < -0.39 is 0 Å². The van der Waals surface area contributed by atoms with E-state index in [1.165, 1.54) is 12.8 Å². The van der Waals surface area contributed by atoms with Crippen LogP contribution in [0.25, 0.3) is 0 Å². The minimum Gasteiger partial charge on any atom is -0.439 e. The molecule has 1 aliphatic carbocycles. The molecule has 2 rings (SSSR count). The number of nitrogens with zero attached hydrogens (tertiary/aromatic N) is 1. The van der Waals surface area contributed by atoms with E-state index in [-0.39, 0.29) is 0 Å². The number of oxazole rings is 1. The maximum atomic E-state index is 5.04. The second-order valence-electron chi connectivity index (χ2n) is 3.05. The molecule has 10 heavy (non-hydrogen) atoms. The predicted octanol–water partition coefficient (Wildman–Crippen LogP) is 2.49. The fraction of sp³-hybridized carbons (Fsp3) is 0.571. The van der Waals surface area contributed by atoms with Crippen LogP contribution in [-0.2, 0) is 5.41 Å². The average Bonchev–Trinajstić information content (AvgIpc) is 2.45. The van der Waals surface area contributed by atoms with Crippen molar-refractivity contribution in [1.29, 1.82) is 0 Å². The summed E-state index contributed by atoms with van der Waals surface area (Å²) in [4.78, 5) is 4.79. The van der Waals surface area contributed by atoms with Gasteiger partial charge in [0.15, 0.2) is 0 Å². The van der Waals surface area contributed by atoms with Crippen LogP contribution in [0.3, 0.4) is 0 Å². The highest BCUT2D eigenvalue weighted by Crippen LogP contribution is 2.47. The molecule has 1 fully saturated rings. The van der Waals surface area contributed by atoms with Gasteiger partial charge in [-0.05, 0) is 12.8 Å². The third kappa shape index (κ3) is 0.888. The maximum absolute atomic E-state index is 5.04. The van der Waals surface area contributed by atoms with Gasteiger partial charge in [0.25, 0.3) is 4.80 Å². The minimum atomic E-state index is 0.329. The Kier molecular flexibility index (Phi) is 1.18. The Morgan fingerprint density at radius 3 is 2.80 bits per heavy atom. The summed E-state index contributed by atoms with van der Waals surface area (Å²) in [5.74, 6) is 0. The average molecular weight is 202 g/mol. The van der Waals surface area contributed by atoms with Crippen LogP contribution in [0.4, 0.5) is 0 Å². The van der Waals surface area contributed by atoms with Crippen molar-refractivity contribution in [2.45, 2.75) is 25.2 Å². The van der Waals surface area contributed by atoms with Gasteiger partial charge in [-0.3, -0.25) is 0 Å². The molecule has 2 nitrogen and oxygen atoms in total. The molecule has 0 amide bonds. The molecule has 0 bridgehead atoms. The van der Waals surface area contributed by atoms with E-state index in [1.54, 1.807) is 6.26 Å². The molecule has 0 radical (unpaired) electrons. The number of hydrogen-bond donors (Lipinski definition) is 0. The van der Waals surface area contributed by atoms with Gasteiger partial charge in [0.2, 0.25) is 0 Å². The van der Waals surface area contributed by atoms with Gasteiger partial charge in [0.05, 0.1) is 5.69 Å². The molecule has 1 aromatic rings. The quantitative estimate of drug-likeness (QED) is 0.699. The summed E-state index contributed by atoms with van der Waals surface area (Å²) in [5.41, 5.74) is 1.41. The largest absolute Gasteiger partial charge is 0.439 e. The lowest BCUT2D eigenvalue weighted by atomic mass is 10.1. The SMILES string of the molecule is CC1(c2coc(Br)n2)CC1. The molecule has 0 aliphatic heterocycles. The zero-order chi connectivity index (χ0) is 7.19. The lowest BCUT2D eigenvalue weighted by Crippen LogP contribution is -1.98. The molecule has 0 unspecified atom stereocenters. The van der Waals surface area contributed by atoms with E-state index in [9.17, 15) is 0 Å². The summed E-state index contributed by atoms with van der Waals surface area (Å²) in [6.45, 7) is 2.21. The van der Waals surface area contributed by atoms with Crippen molar-refractivity contribution in [2.24, 2.45) is 0 Å². The fourth-order valence-corrected chi connectivity index (χ4v) is 1.26. The van der Waals surface area contributed by atoms with Crippen LogP contribution >= 0.6 is 15.9 Å². The van der Waals surface area contributed by atoms with Crippen molar-refractivity contribution in [3.8, 4) is 0 Å². The molecule has 0 saturated heterocycles. The smallest absolute Gasteiger partial charge is 0.264 e. The molecule has 1 aliphatic rings. The van der Waals surface area contributed by atoms with E-state index in [0.717, 1.165) is 5.69 Å². The van der Waals surface area contributed by atoms with Crippen molar-refractivity contribution in [3.05, 3.63) is 16.8 Å². The van der Waals surface area contributed by atoms with Crippen molar-refractivity contribution < 1.29 is 4.42 Å². The summed E-state index contributed by atoms with van der Waals surface area (Å²) >= 11 is 3.17. The first-order valence-electron chi connectivity index (χ1n) is 3.32. The van der Waals surface area contributed by atoms with E-state index in [2.05, 4.69) is 27.8 Å². The van der Waals surface area contributed by atoms with Gasteiger partial charge in [0, 0.05) is 21.3 Å². The lowest BCUT2D eigenvalue weighted by Gasteiger charge is -1.98. The summed E-state index contributed by atoms with van der Waals surface area (Å²) in [7, 11) is 0. The normalized spacial score (nSPS) is 21.0. The van der Waals surface area contributed by atoms with E-state index in [1.807, 2.05) is 0 Å². The Labute approximate surface area is 67.8 Å². The molecule has 0 spiro atoms. The Bertz CT molecular complexity index is 252. The third-order valence-corrected chi connectivity index (χ3v) is 2.46. The molecule has 0 aromatic carbocycles. The van der Waals surface area contributed by atoms with E-state index in [0.29, 0.717) is 10.2 Å². The summed E-state index contributed by atoms with van der Waals surface area (Å²) in [6, 6.07) is 0. The van der Waals surface area contributed by atoms with E-state index in [4.69, 9.17) is 4.42 Å². The highest BCUT2D eigenvalue weighted by Gasteiger charge is 2.41. The van der Waals surface area contributed by atoms with Crippen LogP contribution in [0.1, 0.15) is 25.5 Å². The fourth-order valence-electron chi connectivity index (χ4n) is 0.973. The zero-order valence-electron chi connectivity index (χ0n) is 5.72. The van der Waals surface area contributed by atoms with Gasteiger partial charge < -0.3 is 4.42 Å². The zero-order valence-corrected chi connectivity index (χ0v) is 7.31. The highest BCUT2D eigenvalue weighted by molar-refractivity contribution is 9.10. The standard InChI is InChI=1S/C7H8BrNO/c1-7(2-3-7)5-4-10-6(8)9-5/h4H,2-3H2,1H3. The highest BCUT2D eigenvalue weighted by atomic mass is 79.9. The van der Waals surface area contributed by atoms with Gasteiger partial charge in [-0.25, -0.2) is 4.98 Å². The maximum Gasteiger partial charge on any atom is 0.264 e. The molecule has 1 saturated carbocycles. The third-order valence-electron chi connectivity index (χ3n) is 2.09. The van der Waals surface area contributed by atoms with Crippen LogP contribution in [0.5, 0.6) is 0 Å². The molecular weight excluding hydrogens is 194 g/mol. The molecule has 0 N–H and O–H groups in total. The molecule has 3 heteroatoms. The number of rotatable bonds is 1. The number of halogens is 1. The molecule has 0 atom stereocenters. The summed E-state index contributed by atoms with van der Waals surface area (Å²) < 4.78 is 5.04. The second-order valence-corrected chi connectivity index (χ2v) is 3.72. The first kappa shape index (κ1) is 6.40. The molecule has 1 aromatic heterocycles. The van der Waals surface area contributed by atoms with Crippen molar-refractivity contribution in [2.75, 3.05) is 0 Å². The lowest BCUT2D eigenvalue weighted by molar-refractivity contribution is 0.526. The topological polar surface area (TPSA) is 26.0 Å². The Hall–Kier alpha value is -0.310.